The number of carbonyl (C=O) groups excluding carboxylic acids is 2. The number of likely N-dealkylation sites (tertiary alicyclic amines) is 1. The standard InChI is InChI=1S/C23H24N2O4/c26-21(24-18-7-2-1-3-8-18)15-10-12-16(13-11-15)22(27)25-19-9-5-4-6-17(19)14-20(25)23(28)29/h1-3,7-8,10-13,17,19-20H,4-6,9,14H2,(H,24,26)(H,28,29). The molecule has 2 aromatic carbocycles. The molecule has 6 heteroatoms. The summed E-state index contributed by atoms with van der Waals surface area (Å²) in [5, 5.41) is 12.4. The Hall–Kier alpha value is -3.15. The van der Waals surface area contributed by atoms with Gasteiger partial charge < -0.3 is 15.3 Å². The van der Waals surface area contributed by atoms with Gasteiger partial charge in [-0.2, -0.15) is 0 Å². The zero-order valence-corrected chi connectivity index (χ0v) is 16.1. The van der Waals surface area contributed by atoms with Crippen molar-refractivity contribution in [3.05, 3.63) is 65.7 Å². The molecular formula is C23H24N2O4. The van der Waals surface area contributed by atoms with Crippen LogP contribution in [-0.2, 0) is 4.79 Å². The Balaban J connectivity index is 1.51. The van der Waals surface area contributed by atoms with E-state index in [9.17, 15) is 19.5 Å². The predicted molar refractivity (Wildman–Crippen MR) is 109 cm³/mol. The molecule has 2 fully saturated rings. The molecule has 3 unspecified atom stereocenters. The van der Waals surface area contributed by atoms with Gasteiger partial charge in [-0.15, -0.1) is 0 Å². The third kappa shape index (κ3) is 3.88. The zero-order chi connectivity index (χ0) is 20.4. The first-order valence-electron chi connectivity index (χ1n) is 10.1. The summed E-state index contributed by atoms with van der Waals surface area (Å²) in [7, 11) is 0. The first kappa shape index (κ1) is 19.2. The second kappa shape index (κ2) is 8.07. The van der Waals surface area contributed by atoms with E-state index in [1.165, 1.54) is 0 Å². The average molecular weight is 392 g/mol. The second-order valence-corrected chi connectivity index (χ2v) is 7.81. The molecule has 29 heavy (non-hydrogen) atoms. The Labute approximate surface area is 169 Å². The highest BCUT2D eigenvalue weighted by molar-refractivity contribution is 6.05. The van der Waals surface area contributed by atoms with Crippen molar-refractivity contribution < 1.29 is 19.5 Å². The monoisotopic (exact) mass is 392 g/mol. The van der Waals surface area contributed by atoms with E-state index in [1.807, 2.05) is 18.2 Å². The average Bonchev–Trinajstić information content (AvgIpc) is 3.14. The predicted octanol–water partition coefficient (Wildman–Crippen LogP) is 3.80. The molecule has 0 bridgehead atoms. The number of carbonyl (C=O) groups is 3. The third-order valence-electron chi connectivity index (χ3n) is 6.03. The Kier molecular flexibility index (Phi) is 5.34. The molecule has 0 spiro atoms. The van der Waals surface area contributed by atoms with Gasteiger partial charge in [0, 0.05) is 22.9 Å². The molecular weight excluding hydrogens is 368 g/mol. The molecule has 1 aliphatic heterocycles. The van der Waals surface area contributed by atoms with Crippen LogP contribution in [0.4, 0.5) is 5.69 Å². The van der Waals surface area contributed by atoms with Crippen LogP contribution in [0, 0.1) is 5.92 Å². The van der Waals surface area contributed by atoms with Crippen LogP contribution in [0.15, 0.2) is 54.6 Å². The number of para-hydroxylation sites is 1. The van der Waals surface area contributed by atoms with E-state index in [2.05, 4.69) is 5.32 Å². The summed E-state index contributed by atoms with van der Waals surface area (Å²) in [6.07, 6.45) is 4.49. The van der Waals surface area contributed by atoms with E-state index >= 15 is 0 Å². The fourth-order valence-corrected chi connectivity index (χ4v) is 4.61. The van der Waals surface area contributed by atoms with Gasteiger partial charge in [-0.05, 0) is 61.6 Å². The fourth-order valence-electron chi connectivity index (χ4n) is 4.61. The maximum atomic E-state index is 13.2. The molecule has 1 saturated heterocycles. The highest BCUT2D eigenvalue weighted by atomic mass is 16.4. The van der Waals surface area contributed by atoms with Crippen LogP contribution in [0.25, 0.3) is 0 Å². The number of benzene rings is 2. The molecule has 1 aliphatic carbocycles. The molecule has 1 heterocycles. The molecule has 2 aromatic rings. The first-order valence-corrected chi connectivity index (χ1v) is 10.1. The van der Waals surface area contributed by atoms with E-state index < -0.39 is 12.0 Å². The van der Waals surface area contributed by atoms with E-state index in [0.717, 1.165) is 25.7 Å². The number of nitrogens with one attached hydrogen (secondary N) is 1. The Morgan fingerprint density at radius 1 is 0.897 bits per heavy atom. The van der Waals surface area contributed by atoms with Crippen molar-refractivity contribution in [1.29, 1.82) is 0 Å². The number of aliphatic carboxylic acids is 1. The SMILES string of the molecule is O=C(Nc1ccccc1)c1ccc(C(=O)N2C(C(=O)O)CC3CCCCC32)cc1. The Morgan fingerprint density at radius 2 is 1.55 bits per heavy atom. The maximum absolute atomic E-state index is 13.2. The quantitative estimate of drug-likeness (QED) is 0.829. The van der Waals surface area contributed by atoms with Gasteiger partial charge in [0.05, 0.1) is 0 Å². The van der Waals surface area contributed by atoms with Gasteiger partial charge in [0.15, 0.2) is 0 Å². The maximum Gasteiger partial charge on any atom is 0.326 e. The lowest BCUT2D eigenvalue weighted by Gasteiger charge is -2.33. The molecule has 2 aliphatic rings. The number of hydrogen-bond donors (Lipinski definition) is 2. The largest absolute Gasteiger partial charge is 0.480 e. The second-order valence-electron chi connectivity index (χ2n) is 7.81. The number of amides is 2. The molecule has 1 saturated carbocycles. The summed E-state index contributed by atoms with van der Waals surface area (Å²) in [6.45, 7) is 0. The highest BCUT2D eigenvalue weighted by Crippen LogP contribution is 2.40. The van der Waals surface area contributed by atoms with E-state index in [-0.39, 0.29) is 23.8 Å². The smallest absolute Gasteiger partial charge is 0.326 e. The lowest BCUT2D eigenvalue weighted by molar-refractivity contribution is -0.141. The summed E-state index contributed by atoms with van der Waals surface area (Å²) in [6, 6.07) is 14.8. The summed E-state index contributed by atoms with van der Waals surface area (Å²) < 4.78 is 0. The zero-order valence-electron chi connectivity index (χ0n) is 16.1. The minimum absolute atomic E-state index is 0.00148. The normalized spacial score (nSPS) is 23.3. The summed E-state index contributed by atoms with van der Waals surface area (Å²) in [4.78, 5) is 38.9. The summed E-state index contributed by atoms with van der Waals surface area (Å²) in [5.74, 6) is -1.19. The molecule has 0 aromatic heterocycles. The number of fused-ring (bicyclic) bond motifs is 1. The van der Waals surface area contributed by atoms with Gasteiger partial charge in [0.1, 0.15) is 6.04 Å². The van der Waals surface area contributed by atoms with Crippen LogP contribution in [0.3, 0.4) is 0 Å². The van der Waals surface area contributed by atoms with E-state index in [0.29, 0.717) is 23.2 Å². The van der Waals surface area contributed by atoms with Gasteiger partial charge in [-0.3, -0.25) is 9.59 Å². The van der Waals surface area contributed by atoms with Gasteiger partial charge in [-0.1, -0.05) is 31.0 Å². The van der Waals surface area contributed by atoms with Gasteiger partial charge in [-0.25, -0.2) is 4.79 Å². The topological polar surface area (TPSA) is 86.7 Å². The van der Waals surface area contributed by atoms with Crippen molar-refractivity contribution in [3.63, 3.8) is 0 Å². The number of hydrogen-bond acceptors (Lipinski definition) is 3. The van der Waals surface area contributed by atoms with E-state index in [4.69, 9.17) is 0 Å². The third-order valence-corrected chi connectivity index (χ3v) is 6.03. The lowest BCUT2D eigenvalue weighted by Crippen LogP contribution is -2.46. The Morgan fingerprint density at radius 3 is 2.24 bits per heavy atom. The molecule has 3 atom stereocenters. The van der Waals surface area contributed by atoms with Crippen LogP contribution in [0.2, 0.25) is 0 Å². The number of rotatable bonds is 4. The first-order chi connectivity index (χ1) is 14.0. The number of carboxylic acid groups (broad SMARTS) is 1. The molecule has 4 rings (SSSR count). The van der Waals surface area contributed by atoms with Crippen molar-refractivity contribution >= 4 is 23.5 Å². The van der Waals surface area contributed by atoms with Crippen molar-refractivity contribution in [1.82, 2.24) is 4.90 Å². The minimum Gasteiger partial charge on any atom is -0.480 e. The molecule has 0 radical (unpaired) electrons. The van der Waals surface area contributed by atoms with Crippen LogP contribution < -0.4 is 5.32 Å². The molecule has 2 N–H and O–H groups in total. The van der Waals surface area contributed by atoms with Crippen molar-refractivity contribution in [2.45, 2.75) is 44.2 Å². The van der Waals surface area contributed by atoms with Crippen LogP contribution in [0.5, 0.6) is 0 Å². The number of nitrogens with zero attached hydrogens (tertiary/aromatic N) is 1. The number of carboxylic acids is 1. The molecule has 150 valence electrons. The lowest BCUT2D eigenvalue weighted by atomic mass is 9.84. The molecule has 2 amide bonds. The fraction of sp³-hybridized carbons (Fsp3) is 0.348. The van der Waals surface area contributed by atoms with Crippen molar-refractivity contribution in [2.24, 2.45) is 5.92 Å². The van der Waals surface area contributed by atoms with Crippen LogP contribution in [0.1, 0.15) is 52.8 Å². The minimum atomic E-state index is -0.938. The number of anilines is 1. The van der Waals surface area contributed by atoms with Crippen LogP contribution >= 0.6 is 0 Å². The highest BCUT2D eigenvalue weighted by Gasteiger charge is 2.47. The Bertz CT molecular complexity index is 910. The van der Waals surface area contributed by atoms with Crippen molar-refractivity contribution in [2.75, 3.05) is 5.32 Å². The summed E-state index contributed by atoms with van der Waals surface area (Å²) in [5.41, 5.74) is 1.55. The van der Waals surface area contributed by atoms with Crippen molar-refractivity contribution in [3.8, 4) is 0 Å². The van der Waals surface area contributed by atoms with Crippen LogP contribution in [-0.4, -0.2) is 39.9 Å². The van der Waals surface area contributed by atoms with Gasteiger partial charge >= 0.3 is 5.97 Å². The van der Waals surface area contributed by atoms with E-state index in [1.54, 1.807) is 41.3 Å². The van der Waals surface area contributed by atoms with Gasteiger partial charge in [0.2, 0.25) is 0 Å². The summed E-state index contributed by atoms with van der Waals surface area (Å²) >= 11 is 0. The molecule has 6 nitrogen and oxygen atoms in total. The van der Waals surface area contributed by atoms with Gasteiger partial charge in [0.25, 0.3) is 11.8 Å².